The monoisotopic (exact) mass is 569 g/mol. The molecule has 2 amide bonds. The quantitative estimate of drug-likeness (QED) is 0.220. The number of rotatable bonds is 15. The Kier molecular flexibility index (Phi) is 13.9. The van der Waals surface area contributed by atoms with Crippen molar-refractivity contribution in [1.82, 2.24) is 26.4 Å². The standard InChI is InChI=1S/C29H55N5O6/c1-12-30-16-23(32-26(37)40-27(4,5)6)24(35)34-15-13-14-22(33-34)25(36)39-19-29(9,10)17-28(7,8)18-31-20(2)21(3)38-11/h21-23,30-31,33H,2,12-19H2,1,3-11H3,(H,32,37)/t21-,22-,23-/m0/s1. The Labute approximate surface area is 241 Å². The van der Waals surface area contributed by atoms with Crippen LogP contribution in [0.3, 0.4) is 0 Å². The zero-order valence-electron chi connectivity index (χ0n) is 26.5. The number of methoxy groups -OCH3 is 1. The minimum absolute atomic E-state index is 0.0783. The third-order valence-corrected chi connectivity index (χ3v) is 6.52. The molecule has 0 spiro atoms. The molecule has 0 bridgehead atoms. The average molecular weight is 570 g/mol. The molecule has 1 aliphatic rings. The van der Waals surface area contributed by atoms with Crippen LogP contribution in [0.25, 0.3) is 0 Å². The average Bonchev–Trinajstić information content (AvgIpc) is 2.85. The molecular formula is C29H55N5O6. The number of hydrazine groups is 1. The van der Waals surface area contributed by atoms with Crippen molar-refractivity contribution >= 4 is 18.0 Å². The predicted octanol–water partition coefficient (Wildman–Crippen LogP) is 3.11. The van der Waals surface area contributed by atoms with Crippen molar-refractivity contribution < 1.29 is 28.6 Å². The lowest BCUT2D eigenvalue weighted by atomic mass is 9.75. The molecule has 0 unspecified atom stereocenters. The normalized spacial score (nSPS) is 17.9. The highest BCUT2D eigenvalue weighted by atomic mass is 16.6. The molecule has 1 fully saturated rings. The number of esters is 1. The molecule has 232 valence electrons. The summed E-state index contributed by atoms with van der Waals surface area (Å²) in [6, 6.07) is -1.50. The van der Waals surface area contributed by atoms with Crippen LogP contribution in [0.5, 0.6) is 0 Å². The van der Waals surface area contributed by atoms with Gasteiger partial charge in [-0.25, -0.2) is 10.2 Å². The molecular weight excluding hydrogens is 514 g/mol. The Morgan fingerprint density at radius 3 is 2.33 bits per heavy atom. The smallest absolute Gasteiger partial charge is 0.408 e. The maximum atomic E-state index is 13.3. The van der Waals surface area contributed by atoms with Gasteiger partial charge in [0.1, 0.15) is 17.7 Å². The van der Waals surface area contributed by atoms with Gasteiger partial charge in [0.15, 0.2) is 0 Å². The van der Waals surface area contributed by atoms with Gasteiger partial charge in [0.05, 0.1) is 12.7 Å². The van der Waals surface area contributed by atoms with Crippen molar-refractivity contribution in [3.05, 3.63) is 12.3 Å². The maximum Gasteiger partial charge on any atom is 0.408 e. The number of likely N-dealkylation sites (N-methyl/N-ethyl adjacent to an activating group) is 1. The molecule has 1 heterocycles. The fraction of sp³-hybridized carbons (Fsp3) is 0.828. The molecule has 0 aromatic carbocycles. The number of amides is 2. The van der Waals surface area contributed by atoms with E-state index in [1.165, 1.54) is 5.01 Å². The first-order valence-corrected chi connectivity index (χ1v) is 14.3. The molecule has 11 nitrogen and oxygen atoms in total. The summed E-state index contributed by atoms with van der Waals surface area (Å²) >= 11 is 0. The van der Waals surface area contributed by atoms with E-state index in [9.17, 15) is 14.4 Å². The third kappa shape index (κ3) is 13.3. The Bertz CT molecular complexity index is 854. The maximum absolute atomic E-state index is 13.3. The van der Waals surface area contributed by atoms with Crippen LogP contribution in [-0.4, -0.2) is 86.7 Å². The van der Waals surface area contributed by atoms with Crippen LogP contribution in [0.15, 0.2) is 12.3 Å². The second-order valence-electron chi connectivity index (χ2n) is 13.2. The fourth-order valence-electron chi connectivity index (χ4n) is 4.66. The first-order chi connectivity index (χ1) is 18.4. The fourth-order valence-corrected chi connectivity index (χ4v) is 4.66. The van der Waals surface area contributed by atoms with Crippen molar-refractivity contribution in [3.63, 3.8) is 0 Å². The summed E-state index contributed by atoms with van der Waals surface area (Å²) in [7, 11) is 1.65. The Morgan fingerprint density at radius 2 is 1.75 bits per heavy atom. The van der Waals surface area contributed by atoms with Gasteiger partial charge < -0.3 is 30.2 Å². The van der Waals surface area contributed by atoms with Gasteiger partial charge in [-0.1, -0.05) is 41.2 Å². The van der Waals surface area contributed by atoms with Gasteiger partial charge in [-0.05, 0) is 64.3 Å². The number of carbonyl (C=O) groups is 3. The second kappa shape index (κ2) is 15.6. The van der Waals surface area contributed by atoms with E-state index >= 15 is 0 Å². The summed E-state index contributed by atoms with van der Waals surface area (Å²) in [6.07, 6.45) is 1.24. The topological polar surface area (TPSA) is 130 Å². The Morgan fingerprint density at radius 1 is 1.10 bits per heavy atom. The largest absolute Gasteiger partial charge is 0.464 e. The predicted molar refractivity (Wildman–Crippen MR) is 156 cm³/mol. The first kappa shape index (κ1) is 35.7. The van der Waals surface area contributed by atoms with E-state index in [1.807, 2.05) is 13.8 Å². The molecule has 0 aromatic rings. The van der Waals surface area contributed by atoms with Gasteiger partial charge in [0, 0.05) is 32.4 Å². The van der Waals surface area contributed by atoms with Gasteiger partial charge in [0.2, 0.25) is 0 Å². The molecule has 0 aliphatic carbocycles. The van der Waals surface area contributed by atoms with E-state index in [2.05, 4.69) is 55.7 Å². The molecule has 40 heavy (non-hydrogen) atoms. The molecule has 3 atom stereocenters. The summed E-state index contributed by atoms with van der Waals surface area (Å²) in [5, 5.41) is 10.5. The van der Waals surface area contributed by atoms with E-state index in [-0.39, 0.29) is 36.0 Å². The molecule has 1 aliphatic heterocycles. The molecule has 4 N–H and O–H groups in total. The van der Waals surface area contributed by atoms with E-state index in [0.29, 0.717) is 32.5 Å². The van der Waals surface area contributed by atoms with Gasteiger partial charge in [-0.2, -0.15) is 0 Å². The van der Waals surface area contributed by atoms with Gasteiger partial charge >= 0.3 is 12.1 Å². The van der Waals surface area contributed by atoms with E-state index < -0.39 is 29.7 Å². The number of hydrogen-bond acceptors (Lipinski definition) is 9. The minimum atomic E-state index is -0.852. The molecule has 0 radical (unpaired) electrons. The first-order valence-electron chi connectivity index (χ1n) is 14.3. The third-order valence-electron chi connectivity index (χ3n) is 6.52. The number of nitrogens with zero attached hydrogens (tertiary/aromatic N) is 1. The molecule has 0 saturated carbocycles. The van der Waals surface area contributed by atoms with Crippen molar-refractivity contribution in [3.8, 4) is 0 Å². The zero-order chi connectivity index (χ0) is 30.7. The van der Waals surface area contributed by atoms with Crippen LogP contribution in [0.2, 0.25) is 0 Å². The minimum Gasteiger partial charge on any atom is -0.464 e. The second-order valence-corrected chi connectivity index (χ2v) is 13.2. The number of nitrogens with one attached hydrogen (secondary N) is 4. The number of ether oxygens (including phenoxy) is 3. The Hall–Kier alpha value is -2.37. The van der Waals surface area contributed by atoms with E-state index in [0.717, 1.165) is 12.1 Å². The summed E-state index contributed by atoms with van der Waals surface area (Å²) < 4.78 is 16.4. The highest BCUT2D eigenvalue weighted by Gasteiger charge is 2.35. The summed E-state index contributed by atoms with van der Waals surface area (Å²) in [5.74, 6) is -0.740. The van der Waals surface area contributed by atoms with Crippen molar-refractivity contribution in [2.45, 2.75) is 105 Å². The summed E-state index contributed by atoms with van der Waals surface area (Å²) in [6.45, 7) is 23.9. The van der Waals surface area contributed by atoms with E-state index in [1.54, 1.807) is 27.9 Å². The van der Waals surface area contributed by atoms with Crippen LogP contribution in [0, 0.1) is 10.8 Å². The van der Waals surface area contributed by atoms with Crippen molar-refractivity contribution in [2.75, 3.05) is 39.9 Å². The summed E-state index contributed by atoms with van der Waals surface area (Å²) in [4.78, 5) is 38.7. The lowest BCUT2D eigenvalue weighted by molar-refractivity contribution is -0.155. The molecule has 1 saturated heterocycles. The summed E-state index contributed by atoms with van der Waals surface area (Å²) in [5.41, 5.74) is 2.81. The van der Waals surface area contributed by atoms with Gasteiger partial charge in [0.25, 0.3) is 5.91 Å². The highest BCUT2D eigenvalue weighted by molar-refractivity contribution is 5.86. The van der Waals surface area contributed by atoms with Crippen LogP contribution in [0.4, 0.5) is 4.79 Å². The van der Waals surface area contributed by atoms with Crippen LogP contribution in [0.1, 0.15) is 81.6 Å². The van der Waals surface area contributed by atoms with Gasteiger partial charge in [-0.15, -0.1) is 0 Å². The van der Waals surface area contributed by atoms with E-state index in [4.69, 9.17) is 14.2 Å². The SMILES string of the molecule is C=C(NCC(C)(C)CC(C)(C)COC(=O)[C@@H]1CCCN(C(=O)[C@H](CNCC)NC(=O)OC(C)(C)C)N1)[C@H](C)OC. The highest BCUT2D eigenvalue weighted by Crippen LogP contribution is 2.34. The molecule has 1 rings (SSSR count). The van der Waals surface area contributed by atoms with Crippen molar-refractivity contribution in [2.24, 2.45) is 10.8 Å². The lowest BCUT2D eigenvalue weighted by Gasteiger charge is -2.37. The molecule has 11 heteroatoms. The van der Waals surface area contributed by atoms with Crippen LogP contribution >= 0.6 is 0 Å². The number of hydrogen-bond donors (Lipinski definition) is 4. The van der Waals surface area contributed by atoms with Crippen LogP contribution < -0.4 is 21.4 Å². The number of carbonyl (C=O) groups excluding carboxylic acids is 3. The van der Waals surface area contributed by atoms with Gasteiger partial charge in [-0.3, -0.25) is 14.6 Å². The van der Waals surface area contributed by atoms with Crippen molar-refractivity contribution in [1.29, 1.82) is 0 Å². The molecule has 0 aromatic heterocycles. The lowest BCUT2D eigenvalue weighted by Crippen LogP contribution is -2.62. The van der Waals surface area contributed by atoms with Crippen LogP contribution in [-0.2, 0) is 23.8 Å². The zero-order valence-corrected chi connectivity index (χ0v) is 26.5. The number of alkyl carbamates (subject to hydrolysis) is 1. The Balaban J connectivity index is 2.72.